The van der Waals surface area contributed by atoms with Crippen LogP contribution in [-0.2, 0) is 0 Å². The van der Waals surface area contributed by atoms with Gasteiger partial charge in [-0.1, -0.05) is 6.07 Å². The van der Waals surface area contributed by atoms with E-state index in [2.05, 4.69) is 15.9 Å². The maximum atomic E-state index is 6.26. The van der Waals surface area contributed by atoms with Gasteiger partial charge in [0.05, 0.1) is 18.0 Å². The molecule has 1 aromatic rings. The second-order valence-corrected chi connectivity index (χ2v) is 5.40. The average molecular weight is 261 g/mol. The van der Waals surface area contributed by atoms with E-state index in [0.29, 0.717) is 12.6 Å². The predicted octanol–water partition coefficient (Wildman–Crippen LogP) is 1.95. The Morgan fingerprint density at radius 2 is 2.21 bits per heavy atom. The topological polar surface area (TPSA) is 41.7 Å². The zero-order valence-corrected chi connectivity index (χ0v) is 11.6. The van der Waals surface area contributed by atoms with Crippen molar-refractivity contribution >= 4 is 11.4 Å². The summed E-state index contributed by atoms with van der Waals surface area (Å²) < 4.78 is 5.59. The minimum absolute atomic E-state index is 0.657. The van der Waals surface area contributed by atoms with Crippen molar-refractivity contribution in [1.82, 2.24) is 4.90 Å². The molecule has 19 heavy (non-hydrogen) atoms. The summed E-state index contributed by atoms with van der Waals surface area (Å²) in [6.45, 7) is 7.24. The molecule has 2 heterocycles. The number of hydrogen-bond acceptors (Lipinski definition) is 4. The molecule has 1 unspecified atom stereocenters. The standard InChI is InChI=1S/C15H23N3O/c1-2-19-14-7-3-6-13(15(14)16)18-10-9-17-8-4-5-12(17)11-18/h3,6-7,12H,2,4-5,8-11,16H2,1H3. The molecular formula is C15H23N3O. The monoisotopic (exact) mass is 261 g/mol. The fraction of sp³-hybridized carbons (Fsp3) is 0.600. The minimum atomic E-state index is 0.657. The second-order valence-electron chi connectivity index (χ2n) is 5.40. The van der Waals surface area contributed by atoms with E-state index in [0.717, 1.165) is 36.8 Å². The summed E-state index contributed by atoms with van der Waals surface area (Å²) in [6, 6.07) is 6.82. The van der Waals surface area contributed by atoms with Gasteiger partial charge in [-0.05, 0) is 38.4 Å². The fourth-order valence-electron chi connectivity index (χ4n) is 3.30. The van der Waals surface area contributed by atoms with Crippen LogP contribution in [0.2, 0.25) is 0 Å². The van der Waals surface area contributed by atoms with Crippen molar-refractivity contribution in [2.45, 2.75) is 25.8 Å². The number of nitrogens with two attached hydrogens (primary N) is 1. The van der Waals surface area contributed by atoms with E-state index in [-0.39, 0.29) is 0 Å². The SMILES string of the molecule is CCOc1cccc(N2CCN3CCCC3C2)c1N. The lowest BCUT2D eigenvalue weighted by atomic mass is 10.1. The molecule has 1 aromatic carbocycles. The Morgan fingerprint density at radius 3 is 3.05 bits per heavy atom. The van der Waals surface area contributed by atoms with Gasteiger partial charge >= 0.3 is 0 Å². The highest BCUT2D eigenvalue weighted by Gasteiger charge is 2.31. The van der Waals surface area contributed by atoms with E-state index in [1.165, 1.54) is 19.4 Å². The molecule has 4 heteroatoms. The number of anilines is 2. The summed E-state index contributed by atoms with van der Waals surface area (Å²) in [6.07, 6.45) is 2.66. The Bertz CT molecular complexity index is 449. The molecule has 0 radical (unpaired) electrons. The Morgan fingerprint density at radius 1 is 1.32 bits per heavy atom. The lowest BCUT2D eigenvalue weighted by Gasteiger charge is -2.39. The maximum Gasteiger partial charge on any atom is 0.144 e. The number of piperazine rings is 1. The van der Waals surface area contributed by atoms with Crippen molar-refractivity contribution in [2.75, 3.05) is 43.4 Å². The molecule has 0 saturated carbocycles. The predicted molar refractivity (Wildman–Crippen MR) is 78.8 cm³/mol. The number of fused-ring (bicyclic) bond motifs is 1. The highest BCUT2D eigenvalue weighted by atomic mass is 16.5. The number of ether oxygens (including phenoxy) is 1. The summed E-state index contributed by atoms with van der Waals surface area (Å²) in [5, 5.41) is 0. The van der Waals surface area contributed by atoms with Gasteiger partial charge in [0.15, 0.2) is 0 Å². The third kappa shape index (κ3) is 2.37. The lowest BCUT2D eigenvalue weighted by Crippen LogP contribution is -2.50. The summed E-state index contributed by atoms with van der Waals surface area (Å²) >= 11 is 0. The van der Waals surface area contributed by atoms with E-state index in [1.54, 1.807) is 0 Å². The van der Waals surface area contributed by atoms with Gasteiger partial charge in [-0.3, -0.25) is 4.90 Å². The van der Waals surface area contributed by atoms with Gasteiger partial charge < -0.3 is 15.4 Å². The van der Waals surface area contributed by atoms with Crippen LogP contribution >= 0.6 is 0 Å². The van der Waals surface area contributed by atoms with E-state index >= 15 is 0 Å². The largest absolute Gasteiger partial charge is 0.492 e. The van der Waals surface area contributed by atoms with Gasteiger partial charge in [-0.2, -0.15) is 0 Å². The molecule has 1 atom stereocenters. The first-order valence-electron chi connectivity index (χ1n) is 7.30. The van der Waals surface area contributed by atoms with Crippen LogP contribution in [0.3, 0.4) is 0 Å². The molecule has 4 nitrogen and oxygen atoms in total. The second kappa shape index (κ2) is 5.29. The van der Waals surface area contributed by atoms with E-state index in [4.69, 9.17) is 10.5 Å². The fourth-order valence-corrected chi connectivity index (χ4v) is 3.30. The number of benzene rings is 1. The van der Waals surface area contributed by atoms with Crippen LogP contribution in [0.25, 0.3) is 0 Å². The van der Waals surface area contributed by atoms with Crippen LogP contribution in [0.5, 0.6) is 5.75 Å². The molecule has 2 aliphatic heterocycles. The molecule has 0 aromatic heterocycles. The normalized spacial score (nSPS) is 23.4. The molecule has 104 valence electrons. The maximum absolute atomic E-state index is 6.26. The Kier molecular flexibility index (Phi) is 3.51. The van der Waals surface area contributed by atoms with Crippen molar-refractivity contribution in [1.29, 1.82) is 0 Å². The van der Waals surface area contributed by atoms with Crippen LogP contribution in [0.15, 0.2) is 18.2 Å². The minimum Gasteiger partial charge on any atom is -0.492 e. The molecule has 2 N–H and O–H groups in total. The summed E-state index contributed by atoms with van der Waals surface area (Å²) in [5.41, 5.74) is 8.18. The molecule has 0 amide bonds. The van der Waals surface area contributed by atoms with Gasteiger partial charge in [0.1, 0.15) is 5.75 Å². The van der Waals surface area contributed by atoms with Crippen molar-refractivity contribution in [3.8, 4) is 5.75 Å². The Balaban J connectivity index is 1.80. The van der Waals surface area contributed by atoms with E-state index in [1.807, 2.05) is 19.1 Å². The van der Waals surface area contributed by atoms with Crippen LogP contribution < -0.4 is 15.4 Å². The average Bonchev–Trinajstić information content (AvgIpc) is 2.88. The highest BCUT2D eigenvalue weighted by molar-refractivity contribution is 5.74. The van der Waals surface area contributed by atoms with Crippen molar-refractivity contribution in [2.24, 2.45) is 0 Å². The molecular weight excluding hydrogens is 238 g/mol. The van der Waals surface area contributed by atoms with Crippen molar-refractivity contribution < 1.29 is 4.74 Å². The number of rotatable bonds is 3. The smallest absolute Gasteiger partial charge is 0.144 e. The van der Waals surface area contributed by atoms with Crippen LogP contribution in [0.1, 0.15) is 19.8 Å². The van der Waals surface area contributed by atoms with E-state index in [9.17, 15) is 0 Å². The van der Waals surface area contributed by atoms with Gasteiger partial charge in [0.2, 0.25) is 0 Å². The number of nitrogen functional groups attached to an aromatic ring is 1. The zero-order chi connectivity index (χ0) is 13.2. The van der Waals surface area contributed by atoms with Crippen molar-refractivity contribution in [3.05, 3.63) is 18.2 Å². The molecule has 2 aliphatic rings. The van der Waals surface area contributed by atoms with Gasteiger partial charge in [0.25, 0.3) is 0 Å². The van der Waals surface area contributed by atoms with Gasteiger partial charge in [-0.25, -0.2) is 0 Å². The molecule has 0 spiro atoms. The molecule has 0 aliphatic carbocycles. The molecule has 2 fully saturated rings. The number of para-hydroxylation sites is 1. The van der Waals surface area contributed by atoms with Crippen LogP contribution in [0, 0.1) is 0 Å². The molecule has 2 saturated heterocycles. The number of hydrogen-bond donors (Lipinski definition) is 1. The van der Waals surface area contributed by atoms with E-state index < -0.39 is 0 Å². The zero-order valence-electron chi connectivity index (χ0n) is 11.6. The van der Waals surface area contributed by atoms with Crippen LogP contribution in [0.4, 0.5) is 11.4 Å². The summed E-state index contributed by atoms with van der Waals surface area (Å²) in [4.78, 5) is 5.03. The first kappa shape index (κ1) is 12.6. The first-order valence-corrected chi connectivity index (χ1v) is 7.30. The molecule has 0 bridgehead atoms. The quantitative estimate of drug-likeness (QED) is 0.845. The first-order chi connectivity index (χ1) is 9.29. The van der Waals surface area contributed by atoms with Crippen molar-refractivity contribution in [3.63, 3.8) is 0 Å². The van der Waals surface area contributed by atoms with Gasteiger partial charge in [0, 0.05) is 25.7 Å². The Labute approximate surface area is 115 Å². The third-order valence-corrected chi connectivity index (χ3v) is 4.27. The molecule has 3 rings (SSSR count). The summed E-state index contributed by atoms with van der Waals surface area (Å²) in [7, 11) is 0. The van der Waals surface area contributed by atoms with Crippen LogP contribution in [-0.4, -0.2) is 43.7 Å². The highest BCUT2D eigenvalue weighted by Crippen LogP contribution is 2.34. The van der Waals surface area contributed by atoms with Gasteiger partial charge in [-0.15, -0.1) is 0 Å². The third-order valence-electron chi connectivity index (χ3n) is 4.27. The lowest BCUT2D eigenvalue weighted by molar-refractivity contribution is 0.231. The Hall–Kier alpha value is -1.42. The summed E-state index contributed by atoms with van der Waals surface area (Å²) in [5.74, 6) is 0.814. The number of nitrogens with zero attached hydrogens (tertiary/aromatic N) is 2.